The lowest BCUT2D eigenvalue weighted by atomic mass is 13.0. The molecule has 0 heterocycles. The fourth-order valence-electron chi connectivity index (χ4n) is 0. The van der Waals surface area contributed by atoms with Crippen LogP contribution in [0.15, 0.2) is 0 Å². The summed E-state index contributed by atoms with van der Waals surface area (Å²) in [6.45, 7) is 0. The molecule has 0 radical (unpaired) electrons. The minimum Gasteiger partial charge on any atom is -0.195 e. The number of hydrogen-bond acceptors (Lipinski definition) is 4. The second kappa shape index (κ2) is 4.99. The smallest absolute Gasteiger partial charge is 0.195 e. The lowest BCUT2D eigenvalue weighted by Crippen LogP contribution is -1.63. The van der Waals surface area contributed by atoms with Crippen LogP contribution < -0.4 is 4.91 Å². The van der Waals surface area contributed by atoms with Gasteiger partial charge in [0.2, 0.25) is 4.91 Å². The Bertz CT molecular complexity index is 156. The summed E-state index contributed by atoms with van der Waals surface area (Å²) in [6, 6.07) is 0. The highest BCUT2D eigenvalue weighted by molar-refractivity contribution is 8.31. The van der Waals surface area contributed by atoms with Gasteiger partial charge >= 0.3 is 8.26 Å². The molecule has 0 saturated carbocycles. The van der Waals surface area contributed by atoms with Crippen LogP contribution >= 0.6 is 21.4 Å². The van der Waals surface area contributed by atoms with Gasteiger partial charge in [-0.05, 0) is 0 Å². The van der Waals surface area contributed by atoms with Crippen molar-refractivity contribution < 1.29 is 8.42 Å². The van der Waals surface area contributed by atoms with Crippen molar-refractivity contribution in [1.82, 2.24) is 4.91 Å². The van der Waals surface area contributed by atoms with Crippen LogP contribution in [0.1, 0.15) is 0 Å². The highest BCUT2D eigenvalue weighted by Gasteiger charge is 1.88. The normalized spacial score (nSPS) is 8.25. The van der Waals surface area contributed by atoms with E-state index in [9.17, 15) is 0 Å². The standard InChI is InChI=1S/Cl2O2S.H2N3/c1-5(2,3)4;1-3-2/h;1-2H/q;+1. The third-order valence-corrected chi connectivity index (χ3v) is 0. The Morgan fingerprint density at radius 3 is 1.25 bits per heavy atom. The van der Waals surface area contributed by atoms with Crippen molar-refractivity contribution in [2.45, 2.75) is 0 Å². The van der Waals surface area contributed by atoms with Gasteiger partial charge in [0.05, 0.1) is 0 Å². The van der Waals surface area contributed by atoms with Crippen molar-refractivity contribution in [3.05, 3.63) is 0 Å². The van der Waals surface area contributed by atoms with Gasteiger partial charge in [-0.3, -0.25) is 0 Å². The van der Waals surface area contributed by atoms with E-state index in [4.69, 9.17) is 19.5 Å². The molecule has 8 heteroatoms. The minimum absolute atomic E-state index is 2.00. The maximum atomic E-state index is 9.16. The summed E-state index contributed by atoms with van der Waals surface area (Å²) in [7, 11) is 4.81. The van der Waals surface area contributed by atoms with E-state index in [2.05, 4.69) is 21.4 Å². The summed E-state index contributed by atoms with van der Waals surface area (Å²) >= 11 is 0. The molecule has 0 bridgehead atoms. The first-order valence-electron chi connectivity index (χ1n) is 1.09. The van der Waals surface area contributed by atoms with Crippen molar-refractivity contribution in [3.63, 3.8) is 0 Å². The Balaban J connectivity index is 0. The Morgan fingerprint density at radius 2 is 1.25 bits per heavy atom. The van der Waals surface area contributed by atoms with E-state index in [1.54, 1.807) is 0 Å². The van der Waals surface area contributed by atoms with Gasteiger partial charge in [0.15, 0.2) is 0 Å². The van der Waals surface area contributed by atoms with E-state index in [0.717, 1.165) is 0 Å². The molecule has 0 spiro atoms. The predicted molar refractivity (Wildman–Crippen MR) is 28.2 cm³/mol. The van der Waals surface area contributed by atoms with Gasteiger partial charge in [-0.15, -0.1) is 0 Å². The number of halogens is 2. The molecule has 0 amide bonds. The monoisotopic (exact) mass is 178 g/mol. The number of nitrogens with zero attached hydrogens (tertiary/aromatic N) is 1. The first kappa shape index (κ1) is 10.8. The molecule has 0 aromatic rings. The van der Waals surface area contributed by atoms with Crippen molar-refractivity contribution in [2.75, 3.05) is 0 Å². The molecule has 0 unspecified atom stereocenters. The fourth-order valence-corrected chi connectivity index (χ4v) is 0. The molecule has 0 rings (SSSR count). The van der Waals surface area contributed by atoms with Crippen molar-refractivity contribution >= 4 is 29.6 Å². The Labute approximate surface area is 54.5 Å². The zero-order chi connectivity index (χ0) is 7.21. The van der Waals surface area contributed by atoms with Crippen LogP contribution in [-0.4, -0.2) is 8.42 Å². The molecular weight excluding hydrogens is 177 g/mol. The second-order valence-corrected chi connectivity index (χ2v) is 4.16. The van der Waals surface area contributed by atoms with E-state index >= 15 is 0 Å². The predicted octanol–water partition coefficient (Wildman–Crippen LogP) is 0.824. The summed E-state index contributed by atoms with van der Waals surface area (Å²) in [5.41, 5.74) is 11.0. The molecule has 48 valence electrons. The largest absolute Gasteiger partial charge is 0.317 e. The SMILES string of the molecule is N=[N+]=N.O=S(=O)(Cl)Cl. The minimum atomic E-state index is -3.72. The average Bonchev–Trinajstić information content (AvgIpc) is 1.27. The third kappa shape index (κ3) is 5340. The van der Waals surface area contributed by atoms with E-state index in [0.29, 0.717) is 0 Å². The summed E-state index contributed by atoms with van der Waals surface area (Å²) in [5.74, 6) is 0. The quantitative estimate of drug-likeness (QED) is 0.327. The van der Waals surface area contributed by atoms with Crippen LogP contribution in [0.4, 0.5) is 0 Å². The molecule has 0 aromatic carbocycles. The van der Waals surface area contributed by atoms with E-state index < -0.39 is 8.26 Å². The molecule has 5 nitrogen and oxygen atoms in total. The molecule has 0 aliphatic heterocycles. The lowest BCUT2D eigenvalue weighted by molar-refractivity contribution is 0.621. The van der Waals surface area contributed by atoms with Crippen LogP contribution in [0.3, 0.4) is 0 Å². The summed E-state index contributed by atoms with van der Waals surface area (Å²) in [5, 5.41) is 0. The zero-order valence-corrected chi connectivity index (χ0v) is 5.76. The Hall–Kier alpha value is -0.160. The van der Waals surface area contributed by atoms with E-state index in [1.807, 2.05) is 4.91 Å². The Morgan fingerprint density at radius 1 is 1.25 bits per heavy atom. The van der Waals surface area contributed by atoms with Gasteiger partial charge in [0.1, 0.15) is 11.1 Å². The van der Waals surface area contributed by atoms with Crippen molar-refractivity contribution in [2.24, 2.45) is 0 Å². The first-order valence-corrected chi connectivity index (χ1v) is 4.22. The molecule has 0 fully saturated rings. The molecule has 0 saturated heterocycles. The topological polar surface area (TPSA) is 95.9 Å². The fraction of sp³-hybridized carbons (Fsp3) is 0. The molecule has 0 aromatic heterocycles. The Kier molecular flexibility index (Phi) is 6.70. The number of hydrogen-bond donors (Lipinski definition) is 2. The van der Waals surface area contributed by atoms with Crippen LogP contribution in [0.2, 0.25) is 0 Å². The lowest BCUT2D eigenvalue weighted by Gasteiger charge is -1.61. The molecule has 0 atom stereocenters. The molecular formula is H2Cl2N3O2S+. The maximum Gasteiger partial charge on any atom is 0.317 e. The van der Waals surface area contributed by atoms with Gasteiger partial charge in [0, 0.05) is 21.4 Å². The molecule has 2 N–H and O–H groups in total. The van der Waals surface area contributed by atoms with Crippen LogP contribution in [-0.2, 0) is 8.26 Å². The first-order chi connectivity index (χ1) is 3.41. The average molecular weight is 179 g/mol. The number of nitrogens with one attached hydrogen (secondary N) is 2. The van der Waals surface area contributed by atoms with Gasteiger partial charge in [0.25, 0.3) is 0 Å². The highest BCUT2D eigenvalue weighted by Crippen LogP contribution is 1.98. The summed E-state index contributed by atoms with van der Waals surface area (Å²) in [6.07, 6.45) is 0. The van der Waals surface area contributed by atoms with Crippen molar-refractivity contribution in [1.29, 1.82) is 11.1 Å². The van der Waals surface area contributed by atoms with Crippen LogP contribution in [0.25, 0.3) is 0 Å². The highest BCUT2D eigenvalue weighted by atomic mass is 36.0. The number of rotatable bonds is 0. The summed E-state index contributed by atoms with van der Waals surface area (Å²) < 4.78 is 18.3. The zero-order valence-electron chi connectivity index (χ0n) is 3.43. The maximum absolute atomic E-state index is 9.16. The molecule has 0 aliphatic carbocycles. The van der Waals surface area contributed by atoms with Crippen LogP contribution in [0, 0.1) is 11.1 Å². The molecule has 8 heavy (non-hydrogen) atoms. The third-order valence-electron chi connectivity index (χ3n) is 0. The van der Waals surface area contributed by atoms with Gasteiger partial charge in [-0.2, -0.15) is 8.42 Å². The van der Waals surface area contributed by atoms with Crippen molar-refractivity contribution in [3.8, 4) is 0 Å². The van der Waals surface area contributed by atoms with Gasteiger partial charge in [-0.1, -0.05) is 0 Å². The van der Waals surface area contributed by atoms with E-state index in [-0.39, 0.29) is 0 Å². The molecule has 0 aliphatic rings. The van der Waals surface area contributed by atoms with Crippen LogP contribution in [0.5, 0.6) is 0 Å². The van der Waals surface area contributed by atoms with E-state index in [1.165, 1.54) is 0 Å². The summed E-state index contributed by atoms with van der Waals surface area (Å²) in [4.78, 5) is 2.00. The van der Waals surface area contributed by atoms with Gasteiger partial charge in [-0.25, -0.2) is 0 Å². The van der Waals surface area contributed by atoms with Gasteiger partial charge < -0.3 is 0 Å². The second-order valence-electron chi connectivity index (χ2n) is 0.490.